The molecule has 1 aromatic carbocycles. The number of likely N-dealkylation sites (tertiary alicyclic amines) is 1. The number of rotatable bonds is 5. The number of quaternary nitrogens is 1. The van der Waals surface area contributed by atoms with Crippen LogP contribution >= 0.6 is 0 Å². The molecule has 1 aromatic heterocycles. The van der Waals surface area contributed by atoms with Crippen LogP contribution in [0.2, 0.25) is 0 Å². The van der Waals surface area contributed by atoms with Crippen molar-refractivity contribution in [2.75, 3.05) is 25.5 Å². The summed E-state index contributed by atoms with van der Waals surface area (Å²) in [6.07, 6.45) is 4.36. The molecule has 1 saturated heterocycles. The van der Waals surface area contributed by atoms with Crippen LogP contribution in [0, 0.1) is 0 Å². The van der Waals surface area contributed by atoms with Gasteiger partial charge in [-0.05, 0) is 24.3 Å². The molecule has 1 amide bonds. The summed E-state index contributed by atoms with van der Waals surface area (Å²) in [6, 6.07) is 12.1. The fourth-order valence-electron chi connectivity index (χ4n) is 3.47. The van der Waals surface area contributed by atoms with E-state index in [1.807, 2.05) is 24.3 Å². The highest BCUT2D eigenvalue weighted by Gasteiger charge is 2.33. The van der Waals surface area contributed by atoms with Crippen LogP contribution in [0.5, 0.6) is 5.75 Å². The van der Waals surface area contributed by atoms with E-state index < -0.39 is 0 Å². The standard InChI is InChI=1S/C18H23N3O2/c1-20-11-5-8-15(20)16-9-6-12-21(16)13-18(22)19-14-7-3-4-10-17(14)23-2/h3-5,7-8,10-11,16H,6,9,12-13H2,1-2H3,(H,19,22)/p+1/t16-/m1/s1. The molecule has 0 bridgehead atoms. The van der Waals surface area contributed by atoms with Crippen LogP contribution in [0.4, 0.5) is 5.69 Å². The molecule has 3 rings (SSSR count). The van der Waals surface area contributed by atoms with Crippen molar-refractivity contribution in [1.82, 2.24) is 4.57 Å². The first-order chi connectivity index (χ1) is 11.2. The number of amides is 1. The maximum absolute atomic E-state index is 12.4. The predicted octanol–water partition coefficient (Wildman–Crippen LogP) is 1.39. The summed E-state index contributed by atoms with van der Waals surface area (Å²) in [5, 5.41) is 2.98. The highest BCUT2D eigenvalue weighted by Crippen LogP contribution is 2.23. The van der Waals surface area contributed by atoms with Gasteiger partial charge in [-0.25, -0.2) is 0 Å². The van der Waals surface area contributed by atoms with Crippen LogP contribution < -0.4 is 15.0 Å². The molecule has 2 aromatic rings. The first kappa shape index (κ1) is 15.6. The number of nitrogens with one attached hydrogen (secondary N) is 2. The molecule has 5 heteroatoms. The van der Waals surface area contributed by atoms with Gasteiger partial charge in [0.1, 0.15) is 11.8 Å². The number of ether oxygens (including phenoxy) is 1. The SMILES string of the molecule is COc1ccccc1NC(=O)C[NH+]1CCC[C@@H]1c1cccn1C. The molecule has 23 heavy (non-hydrogen) atoms. The Balaban J connectivity index is 1.66. The van der Waals surface area contributed by atoms with Crippen molar-refractivity contribution in [3.63, 3.8) is 0 Å². The first-order valence-electron chi connectivity index (χ1n) is 8.07. The Hall–Kier alpha value is -2.27. The molecule has 122 valence electrons. The maximum Gasteiger partial charge on any atom is 0.279 e. The zero-order valence-electron chi connectivity index (χ0n) is 13.7. The molecule has 1 fully saturated rings. The number of carbonyl (C=O) groups is 1. The number of aryl methyl sites for hydroxylation is 1. The van der Waals surface area contributed by atoms with Gasteiger partial charge in [0.2, 0.25) is 0 Å². The van der Waals surface area contributed by atoms with E-state index >= 15 is 0 Å². The first-order valence-corrected chi connectivity index (χ1v) is 8.07. The molecular weight excluding hydrogens is 290 g/mol. The Kier molecular flexibility index (Phi) is 4.67. The summed E-state index contributed by atoms with van der Waals surface area (Å²) >= 11 is 0. The second-order valence-electron chi connectivity index (χ2n) is 6.07. The average molecular weight is 314 g/mol. The number of anilines is 1. The van der Waals surface area contributed by atoms with E-state index in [1.54, 1.807) is 7.11 Å². The van der Waals surface area contributed by atoms with E-state index in [9.17, 15) is 4.79 Å². The van der Waals surface area contributed by atoms with Gasteiger partial charge in [0.05, 0.1) is 25.0 Å². The smallest absolute Gasteiger partial charge is 0.279 e. The van der Waals surface area contributed by atoms with Crippen LogP contribution in [0.1, 0.15) is 24.6 Å². The van der Waals surface area contributed by atoms with Crippen molar-refractivity contribution in [1.29, 1.82) is 0 Å². The molecule has 1 unspecified atom stereocenters. The Bertz CT molecular complexity index is 680. The molecule has 1 aliphatic heterocycles. The molecule has 0 radical (unpaired) electrons. The minimum Gasteiger partial charge on any atom is -0.495 e. The molecule has 0 spiro atoms. The topological polar surface area (TPSA) is 47.7 Å². The Morgan fingerprint density at radius 2 is 2.17 bits per heavy atom. The van der Waals surface area contributed by atoms with Gasteiger partial charge in [0.15, 0.2) is 6.54 Å². The zero-order chi connectivity index (χ0) is 16.2. The molecular formula is C18H24N3O2+. The summed E-state index contributed by atoms with van der Waals surface area (Å²) in [5.41, 5.74) is 2.04. The van der Waals surface area contributed by atoms with E-state index in [-0.39, 0.29) is 5.91 Å². The van der Waals surface area contributed by atoms with E-state index in [0.717, 1.165) is 25.1 Å². The summed E-state index contributed by atoms with van der Waals surface area (Å²) in [7, 11) is 3.68. The second-order valence-corrected chi connectivity index (χ2v) is 6.07. The highest BCUT2D eigenvalue weighted by molar-refractivity contribution is 5.92. The Labute approximate surface area is 136 Å². The number of hydrogen-bond acceptors (Lipinski definition) is 2. The number of benzene rings is 1. The molecule has 2 atom stereocenters. The van der Waals surface area contributed by atoms with Crippen molar-refractivity contribution in [2.45, 2.75) is 18.9 Å². The predicted molar refractivity (Wildman–Crippen MR) is 89.7 cm³/mol. The van der Waals surface area contributed by atoms with E-state index in [1.165, 1.54) is 10.6 Å². The van der Waals surface area contributed by atoms with Crippen LogP contribution in [-0.4, -0.2) is 30.7 Å². The van der Waals surface area contributed by atoms with Crippen molar-refractivity contribution in [3.8, 4) is 5.75 Å². The van der Waals surface area contributed by atoms with Gasteiger partial charge in [0.25, 0.3) is 5.91 Å². The van der Waals surface area contributed by atoms with E-state index in [2.05, 4.69) is 35.3 Å². The van der Waals surface area contributed by atoms with Crippen LogP contribution in [0.15, 0.2) is 42.6 Å². The van der Waals surface area contributed by atoms with E-state index in [0.29, 0.717) is 18.3 Å². The van der Waals surface area contributed by atoms with Crippen LogP contribution in [0.3, 0.4) is 0 Å². The number of carbonyl (C=O) groups excluding carboxylic acids is 1. The third-order valence-corrected chi connectivity index (χ3v) is 4.59. The maximum atomic E-state index is 12.4. The lowest BCUT2D eigenvalue weighted by molar-refractivity contribution is -0.910. The van der Waals surface area contributed by atoms with Crippen molar-refractivity contribution in [3.05, 3.63) is 48.3 Å². The quantitative estimate of drug-likeness (QED) is 0.876. The number of para-hydroxylation sites is 2. The lowest BCUT2D eigenvalue weighted by Gasteiger charge is -2.22. The fourth-order valence-corrected chi connectivity index (χ4v) is 3.47. The fraction of sp³-hybridized carbons (Fsp3) is 0.389. The van der Waals surface area contributed by atoms with Crippen molar-refractivity contribution in [2.24, 2.45) is 7.05 Å². The minimum atomic E-state index is 0.0330. The Morgan fingerprint density at radius 1 is 1.35 bits per heavy atom. The van der Waals surface area contributed by atoms with Gasteiger partial charge in [-0.3, -0.25) is 4.79 Å². The second kappa shape index (κ2) is 6.87. The van der Waals surface area contributed by atoms with Gasteiger partial charge >= 0.3 is 0 Å². The van der Waals surface area contributed by atoms with E-state index in [4.69, 9.17) is 4.74 Å². The van der Waals surface area contributed by atoms with Gasteiger partial charge in [-0.2, -0.15) is 0 Å². The monoisotopic (exact) mass is 314 g/mol. The van der Waals surface area contributed by atoms with Crippen LogP contribution in [0.25, 0.3) is 0 Å². The van der Waals surface area contributed by atoms with Crippen molar-refractivity contribution >= 4 is 11.6 Å². The van der Waals surface area contributed by atoms with Gasteiger partial charge in [-0.15, -0.1) is 0 Å². The molecule has 2 N–H and O–H groups in total. The average Bonchev–Trinajstić information content (AvgIpc) is 3.16. The zero-order valence-corrected chi connectivity index (χ0v) is 13.7. The van der Waals surface area contributed by atoms with Crippen LogP contribution in [-0.2, 0) is 11.8 Å². The van der Waals surface area contributed by atoms with Gasteiger partial charge in [-0.1, -0.05) is 12.1 Å². The third kappa shape index (κ3) is 3.40. The summed E-state index contributed by atoms with van der Waals surface area (Å²) in [5.74, 6) is 0.724. The molecule has 1 aliphatic rings. The molecule has 0 aliphatic carbocycles. The molecule has 5 nitrogen and oxygen atoms in total. The molecule has 0 saturated carbocycles. The normalized spacial score (nSPS) is 20.4. The summed E-state index contributed by atoms with van der Waals surface area (Å²) in [6.45, 7) is 1.52. The number of nitrogens with zero attached hydrogens (tertiary/aromatic N) is 1. The number of aromatic nitrogens is 1. The lowest BCUT2D eigenvalue weighted by atomic mass is 10.1. The molecule has 2 heterocycles. The summed E-state index contributed by atoms with van der Waals surface area (Å²) < 4.78 is 7.45. The van der Waals surface area contributed by atoms with Crippen molar-refractivity contribution < 1.29 is 14.4 Å². The highest BCUT2D eigenvalue weighted by atomic mass is 16.5. The largest absolute Gasteiger partial charge is 0.495 e. The van der Waals surface area contributed by atoms with Gasteiger partial charge in [0, 0.05) is 26.1 Å². The minimum absolute atomic E-state index is 0.0330. The number of hydrogen-bond donors (Lipinski definition) is 2. The summed E-state index contributed by atoms with van der Waals surface area (Å²) in [4.78, 5) is 13.8. The Morgan fingerprint density at radius 3 is 2.91 bits per heavy atom. The number of methoxy groups -OCH3 is 1. The third-order valence-electron chi connectivity index (χ3n) is 4.59. The lowest BCUT2D eigenvalue weighted by Crippen LogP contribution is -3.11. The van der Waals surface area contributed by atoms with Gasteiger partial charge < -0.3 is 19.5 Å².